The third kappa shape index (κ3) is 6.40. The normalized spacial score (nSPS) is 13.6. The van der Waals surface area contributed by atoms with E-state index in [4.69, 9.17) is 16.3 Å². The molecule has 1 aromatic carbocycles. The zero-order chi connectivity index (χ0) is 27.9. The summed E-state index contributed by atoms with van der Waals surface area (Å²) in [5.74, 6) is 0.955. The van der Waals surface area contributed by atoms with E-state index in [2.05, 4.69) is 30.6 Å². The van der Waals surface area contributed by atoms with Gasteiger partial charge < -0.3 is 20.3 Å². The van der Waals surface area contributed by atoms with Crippen molar-refractivity contribution in [2.45, 2.75) is 26.2 Å². The molecule has 1 fully saturated rings. The maximum atomic E-state index is 13.0. The molecule has 11 heteroatoms. The van der Waals surface area contributed by atoms with Crippen LogP contribution in [0.2, 0.25) is 5.02 Å². The average molecular weight is 560 g/mol. The Bertz CT molecular complexity index is 1460. The van der Waals surface area contributed by atoms with Crippen LogP contribution in [-0.2, 0) is 0 Å². The summed E-state index contributed by atoms with van der Waals surface area (Å²) in [5.41, 5.74) is 1.98. The predicted molar refractivity (Wildman–Crippen MR) is 153 cm³/mol. The van der Waals surface area contributed by atoms with Crippen molar-refractivity contribution in [3.63, 3.8) is 0 Å². The summed E-state index contributed by atoms with van der Waals surface area (Å²) in [6, 6.07) is 16.1. The highest BCUT2D eigenvalue weighted by Gasteiger charge is 2.23. The third-order valence-electron chi connectivity index (χ3n) is 6.95. The molecule has 4 aromatic rings. The van der Waals surface area contributed by atoms with Crippen LogP contribution in [0.1, 0.15) is 35.2 Å². The van der Waals surface area contributed by atoms with E-state index < -0.39 is 12.0 Å². The highest BCUT2D eigenvalue weighted by Crippen LogP contribution is 2.29. The Balaban J connectivity index is 1.20. The number of nitrogens with zero attached hydrogens (tertiary/aromatic N) is 5. The van der Waals surface area contributed by atoms with E-state index in [-0.39, 0.29) is 5.88 Å². The Morgan fingerprint density at radius 2 is 1.77 bits per heavy atom. The molecule has 3 aromatic heterocycles. The largest absolute Gasteiger partial charge is 0.414 e. The lowest BCUT2D eigenvalue weighted by atomic mass is 9.93. The van der Waals surface area contributed by atoms with Crippen LogP contribution >= 0.6 is 11.6 Å². The molecule has 0 aliphatic carbocycles. The lowest BCUT2D eigenvalue weighted by Gasteiger charge is -2.33. The van der Waals surface area contributed by atoms with Gasteiger partial charge in [-0.3, -0.25) is 9.78 Å². The Morgan fingerprint density at radius 1 is 1.02 bits per heavy atom. The van der Waals surface area contributed by atoms with E-state index in [1.165, 1.54) is 10.4 Å². The minimum Gasteiger partial charge on any atom is -0.389 e. The van der Waals surface area contributed by atoms with Crippen LogP contribution < -0.4 is 20.3 Å². The monoisotopic (exact) mass is 559 g/mol. The van der Waals surface area contributed by atoms with Crippen LogP contribution in [0.3, 0.4) is 0 Å². The molecule has 40 heavy (non-hydrogen) atoms. The number of anilines is 2. The number of pyridine rings is 2. The summed E-state index contributed by atoms with van der Waals surface area (Å²) in [4.78, 5) is 36.5. The van der Waals surface area contributed by atoms with Gasteiger partial charge in [-0.25, -0.2) is 9.78 Å². The van der Waals surface area contributed by atoms with E-state index in [9.17, 15) is 9.59 Å². The van der Waals surface area contributed by atoms with Gasteiger partial charge in [-0.1, -0.05) is 29.8 Å². The summed E-state index contributed by atoms with van der Waals surface area (Å²) in [6.45, 7) is 4.17. The maximum Gasteiger partial charge on any atom is 0.414 e. The first kappa shape index (κ1) is 27.1. The van der Waals surface area contributed by atoms with Gasteiger partial charge in [0.25, 0.3) is 5.91 Å². The molecule has 2 N–H and O–H groups in total. The molecule has 0 atom stereocenters. The van der Waals surface area contributed by atoms with Crippen LogP contribution in [-0.4, -0.2) is 51.4 Å². The van der Waals surface area contributed by atoms with Crippen LogP contribution in [0, 0.1) is 12.8 Å². The van der Waals surface area contributed by atoms with Crippen molar-refractivity contribution in [1.82, 2.24) is 25.1 Å². The molecule has 4 heterocycles. The summed E-state index contributed by atoms with van der Waals surface area (Å²) in [6.07, 6.45) is 7.61. The Labute approximate surface area is 237 Å². The molecule has 0 radical (unpaired) electrons. The molecule has 1 saturated heterocycles. The van der Waals surface area contributed by atoms with Gasteiger partial charge in [0.1, 0.15) is 5.82 Å². The van der Waals surface area contributed by atoms with Gasteiger partial charge in [-0.15, -0.1) is 5.10 Å². The van der Waals surface area contributed by atoms with Crippen molar-refractivity contribution in [2.75, 3.05) is 29.9 Å². The van der Waals surface area contributed by atoms with Crippen LogP contribution in [0.5, 0.6) is 5.88 Å². The smallest absolute Gasteiger partial charge is 0.389 e. The second kappa shape index (κ2) is 12.6. The number of ether oxygens (including phenoxy) is 1. The zero-order valence-corrected chi connectivity index (χ0v) is 22.8. The molecule has 10 nitrogen and oxygen atoms in total. The van der Waals surface area contributed by atoms with Crippen molar-refractivity contribution in [3.8, 4) is 11.7 Å². The topological polar surface area (TPSA) is 114 Å². The first-order valence-corrected chi connectivity index (χ1v) is 13.5. The third-order valence-corrected chi connectivity index (χ3v) is 7.28. The molecule has 1 aliphatic rings. The Morgan fingerprint density at radius 3 is 2.50 bits per heavy atom. The number of piperidine rings is 1. The number of nitrogens with one attached hydrogen (secondary N) is 2. The number of carbonyl (C=O) groups excluding carboxylic acids is 2. The van der Waals surface area contributed by atoms with Gasteiger partial charge in [-0.2, -0.15) is 4.68 Å². The van der Waals surface area contributed by atoms with Gasteiger partial charge in [0.2, 0.25) is 5.88 Å². The summed E-state index contributed by atoms with van der Waals surface area (Å²) >= 11 is 6.22. The lowest BCUT2D eigenvalue weighted by molar-refractivity contribution is 0.102. The van der Waals surface area contributed by atoms with Crippen molar-refractivity contribution in [1.29, 1.82) is 0 Å². The number of amides is 2. The summed E-state index contributed by atoms with van der Waals surface area (Å²) in [7, 11) is 0. The number of aromatic nitrogens is 4. The number of halogens is 1. The molecule has 2 amide bonds. The quantitative estimate of drug-likeness (QED) is 0.302. The molecule has 5 rings (SSSR count). The Kier molecular flexibility index (Phi) is 8.56. The molecule has 206 valence electrons. The molecular formula is C29H30ClN7O3. The molecule has 0 saturated carbocycles. The van der Waals surface area contributed by atoms with E-state index in [0.29, 0.717) is 40.2 Å². The number of hydrogen-bond donors (Lipinski definition) is 2. The minimum atomic E-state index is -0.605. The lowest BCUT2D eigenvalue weighted by Crippen LogP contribution is -2.35. The van der Waals surface area contributed by atoms with Crippen molar-refractivity contribution in [2.24, 2.45) is 5.92 Å². The van der Waals surface area contributed by atoms with Crippen LogP contribution in [0.25, 0.3) is 5.82 Å². The second-order valence-electron chi connectivity index (χ2n) is 9.55. The van der Waals surface area contributed by atoms with Gasteiger partial charge in [0.05, 0.1) is 16.1 Å². The van der Waals surface area contributed by atoms with Crippen molar-refractivity contribution in [3.05, 3.63) is 89.3 Å². The zero-order valence-electron chi connectivity index (χ0n) is 22.1. The SMILES string of the molecule is Cc1c(OC(=O)NCCC2CCN(c3ccncc3)CC2)nn(-c2ccccn2)c1NC(=O)c1ccccc1Cl. The molecular weight excluding hydrogens is 530 g/mol. The number of rotatable bonds is 8. The maximum absolute atomic E-state index is 13.0. The first-order valence-electron chi connectivity index (χ1n) is 13.2. The van der Waals surface area contributed by atoms with Gasteiger partial charge >= 0.3 is 6.09 Å². The fourth-order valence-corrected chi connectivity index (χ4v) is 4.94. The van der Waals surface area contributed by atoms with Crippen LogP contribution in [0.15, 0.2) is 73.2 Å². The van der Waals surface area contributed by atoms with Crippen molar-refractivity contribution < 1.29 is 14.3 Å². The predicted octanol–water partition coefficient (Wildman–Crippen LogP) is 5.27. The number of hydrogen-bond acceptors (Lipinski definition) is 7. The van der Waals surface area contributed by atoms with E-state index in [1.54, 1.807) is 55.6 Å². The average Bonchev–Trinajstić information content (AvgIpc) is 3.28. The fourth-order valence-electron chi connectivity index (χ4n) is 4.72. The first-order chi connectivity index (χ1) is 19.5. The second-order valence-corrected chi connectivity index (χ2v) is 9.96. The molecule has 1 aliphatic heterocycles. The highest BCUT2D eigenvalue weighted by molar-refractivity contribution is 6.34. The van der Waals surface area contributed by atoms with Crippen LogP contribution in [0.4, 0.5) is 16.3 Å². The molecule has 0 bridgehead atoms. The number of benzene rings is 1. The standard InChI is InChI=1S/C29H30ClN7O3/c1-20-26(34-27(38)23-6-2-3-7-24(23)30)37(25-8-4-5-14-32-25)35-28(20)40-29(39)33-17-9-21-12-18-36(19-13-21)22-10-15-31-16-11-22/h2-8,10-11,14-16,21H,9,12-13,17-19H2,1H3,(H,33,39)(H,34,38). The summed E-state index contributed by atoms with van der Waals surface area (Å²) < 4.78 is 7.00. The fraction of sp³-hybridized carbons (Fsp3) is 0.276. The number of carbonyl (C=O) groups is 2. The summed E-state index contributed by atoms with van der Waals surface area (Å²) in [5, 5.41) is 10.4. The minimum absolute atomic E-state index is 0.0725. The van der Waals surface area contributed by atoms with Gasteiger partial charge in [0, 0.05) is 43.9 Å². The molecule has 0 unspecified atom stereocenters. The highest BCUT2D eigenvalue weighted by atomic mass is 35.5. The van der Waals surface area contributed by atoms with E-state index in [0.717, 1.165) is 32.4 Å². The van der Waals surface area contributed by atoms with Gasteiger partial charge in [0.15, 0.2) is 5.82 Å². The van der Waals surface area contributed by atoms with Crippen molar-refractivity contribution >= 4 is 35.1 Å². The Hall–Kier alpha value is -4.44. The van der Waals surface area contributed by atoms with E-state index in [1.807, 2.05) is 24.5 Å². The van der Waals surface area contributed by atoms with Gasteiger partial charge in [-0.05, 0) is 68.5 Å². The molecule has 0 spiro atoms. The van der Waals surface area contributed by atoms with E-state index >= 15 is 0 Å².